The van der Waals surface area contributed by atoms with Crippen molar-refractivity contribution in [2.75, 3.05) is 5.32 Å². The van der Waals surface area contributed by atoms with Gasteiger partial charge in [0.1, 0.15) is 17.0 Å². The first-order chi connectivity index (χ1) is 18.6. The number of pyridine rings is 1. The minimum absolute atomic E-state index is 0.0156. The summed E-state index contributed by atoms with van der Waals surface area (Å²) in [5.41, 5.74) is -0.934. The molecule has 39 heavy (non-hydrogen) atoms. The monoisotopic (exact) mass is 641 g/mol. The van der Waals surface area contributed by atoms with E-state index in [9.17, 15) is 23.6 Å². The van der Waals surface area contributed by atoms with Crippen molar-refractivity contribution in [1.29, 1.82) is 0 Å². The smallest absolute Gasteiger partial charge is 0.336 e. The number of hydrogen-bond donors (Lipinski definition) is 2. The number of amides is 1. The Morgan fingerprint density at radius 2 is 1.90 bits per heavy atom. The summed E-state index contributed by atoms with van der Waals surface area (Å²) in [6.45, 7) is 5.09. The highest BCUT2D eigenvalue weighted by molar-refractivity contribution is 14.1. The molecule has 200 valence electrons. The fourth-order valence-corrected chi connectivity index (χ4v) is 4.97. The van der Waals surface area contributed by atoms with Crippen LogP contribution in [0.1, 0.15) is 28.8 Å². The summed E-state index contributed by atoms with van der Waals surface area (Å²) in [5, 5.41) is 5.85. The lowest BCUT2D eigenvalue weighted by molar-refractivity contribution is 0.0951. The van der Waals surface area contributed by atoms with Gasteiger partial charge in [-0.1, -0.05) is 12.1 Å². The average molecular weight is 641 g/mol. The molecule has 9 nitrogen and oxygen atoms in total. The van der Waals surface area contributed by atoms with E-state index in [2.05, 4.69) is 17.2 Å². The molecule has 2 heterocycles. The largest absolute Gasteiger partial charge is 0.349 e. The van der Waals surface area contributed by atoms with Crippen LogP contribution in [0, 0.1) is 16.3 Å². The predicted octanol–water partition coefficient (Wildman–Crippen LogP) is 3.73. The Morgan fingerprint density at radius 1 is 1.15 bits per heavy atom. The molecule has 0 saturated heterocycles. The minimum Gasteiger partial charge on any atom is -0.349 e. The fraction of sp³-hybridized carbons (Fsp3) is 0.214. The van der Waals surface area contributed by atoms with Gasteiger partial charge in [0, 0.05) is 34.3 Å². The number of benzene rings is 2. The van der Waals surface area contributed by atoms with Crippen LogP contribution < -0.4 is 27.4 Å². The van der Waals surface area contributed by atoms with Crippen LogP contribution in [-0.2, 0) is 13.6 Å². The van der Waals surface area contributed by atoms with E-state index in [0.29, 0.717) is 14.8 Å². The van der Waals surface area contributed by atoms with Crippen LogP contribution in [0.25, 0.3) is 16.6 Å². The number of rotatable bonds is 7. The lowest BCUT2D eigenvalue weighted by atomic mass is 10.1. The van der Waals surface area contributed by atoms with Crippen LogP contribution in [0.3, 0.4) is 0 Å². The Balaban J connectivity index is 1.85. The van der Waals surface area contributed by atoms with Crippen molar-refractivity contribution in [3.8, 4) is 5.69 Å². The van der Waals surface area contributed by atoms with Gasteiger partial charge in [0.15, 0.2) is 0 Å². The van der Waals surface area contributed by atoms with Gasteiger partial charge in [0.25, 0.3) is 17.0 Å². The number of allylic oxidation sites excluding steroid dienone is 1. The van der Waals surface area contributed by atoms with E-state index in [1.165, 1.54) is 41.3 Å². The van der Waals surface area contributed by atoms with Crippen LogP contribution >= 0.6 is 22.6 Å². The highest BCUT2D eigenvalue weighted by Crippen LogP contribution is 2.27. The van der Waals surface area contributed by atoms with E-state index in [4.69, 9.17) is 0 Å². The molecule has 5 rings (SSSR count). The molecule has 1 saturated carbocycles. The third-order valence-electron chi connectivity index (χ3n) is 6.67. The molecule has 0 spiro atoms. The molecule has 2 N–H and O–H groups in total. The van der Waals surface area contributed by atoms with Crippen molar-refractivity contribution in [3.05, 3.63) is 107 Å². The minimum atomic E-state index is -0.699. The highest BCUT2D eigenvalue weighted by Gasteiger charge is 2.26. The number of carbonyl (C=O) groups excluding carboxylic acids is 1. The molecule has 2 aromatic heterocycles. The molecule has 11 heteroatoms. The molecule has 0 unspecified atom stereocenters. The van der Waals surface area contributed by atoms with Gasteiger partial charge in [-0.3, -0.25) is 28.1 Å². The number of nitrogens with zero attached hydrogens (tertiary/aromatic N) is 3. The maximum atomic E-state index is 14.8. The van der Waals surface area contributed by atoms with Gasteiger partial charge < -0.3 is 10.6 Å². The lowest BCUT2D eigenvalue weighted by Gasteiger charge is -2.20. The molecule has 0 aliphatic heterocycles. The SMILES string of the molecule is C=CCn1c(=O)c2c(Nc3ccc(I)cc3F)n(C)c(=O)c(C)c2n(-c2cccc(C(=O)NC3CC3)c2)c1=O. The zero-order valence-electron chi connectivity index (χ0n) is 21.3. The second kappa shape index (κ2) is 10.3. The second-order valence-electron chi connectivity index (χ2n) is 9.43. The van der Waals surface area contributed by atoms with Gasteiger partial charge in [0.2, 0.25) is 0 Å². The van der Waals surface area contributed by atoms with Crippen LogP contribution in [0.15, 0.2) is 69.5 Å². The Morgan fingerprint density at radius 3 is 2.56 bits per heavy atom. The number of fused-ring (bicyclic) bond motifs is 1. The molecular weight excluding hydrogens is 616 g/mol. The van der Waals surface area contributed by atoms with Crippen LogP contribution in [0.2, 0.25) is 0 Å². The molecule has 1 amide bonds. The number of anilines is 2. The van der Waals surface area contributed by atoms with Crippen molar-refractivity contribution >= 4 is 50.9 Å². The standard InChI is InChI=1S/C28H25FIN5O4/c1-4-12-34-27(38)22-23(15(2)26(37)33(3)24(22)32-21-11-8-17(30)14-20(21)29)35(28(34)39)19-7-5-6-16(13-19)25(36)31-18-9-10-18/h4-8,11,13-14,18,32H,1,9-10,12H2,2-3H3,(H,31,36). The van der Waals surface area contributed by atoms with Crippen molar-refractivity contribution in [1.82, 2.24) is 19.0 Å². The van der Waals surface area contributed by atoms with Gasteiger partial charge in [0.05, 0.1) is 16.9 Å². The second-order valence-corrected chi connectivity index (χ2v) is 10.7. The van der Waals surface area contributed by atoms with Gasteiger partial charge in [-0.05, 0) is 78.8 Å². The normalized spacial score (nSPS) is 12.9. The summed E-state index contributed by atoms with van der Waals surface area (Å²) in [7, 11) is 1.47. The van der Waals surface area contributed by atoms with E-state index in [1.54, 1.807) is 30.3 Å². The molecule has 0 bridgehead atoms. The Kier molecular flexibility index (Phi) is 7.02. The van der Waals surface area contributed by atoms with Gasteiger partial charge in [-0.25, -0.2) is 9.18 Å². The van der Waals surface area contributed by atoms with Crippen LogP contribution in [0.4, 0.5) is 15.9 Å². The topological polar surface area (TPSA) is 107 Å². The maximum absolute atomic E-state index is 14.8. The molecule has 1 fully saturated rings. The average Bonchev–Trinajstić information content (AvgIpc) is 3.73. The highest BCUT2D eigenvalue weighted by atomic mass is 127. The number of aryl methyl sites for hydroxylation is 1. The quantitative estimate of drug-likeness (QED) is 0.237. The summed E-state index contributed by atoms with van der Waals surface area (Å²) in [6.07, 6.45) is 3.25. The third kappa shape index (κ3) is 4.82. The zero-order chi connectivity index (χ0) is 28.0. The predicted molar refractivity (Wildman–Crippen MR) is 157 cm³/mol. The van der Waals surface area contributed by atoms with Crippen molar-refractivity contribution in [2.24, 2.45) is 7.05 Å². The fourth-order valence-electron chi connectivity index (χ4n) is 4.52. The summed E-state index contributed by atoms with van der Waals surface area (Å²) in [4.78, 5) is 53.7. The molecule has 1 aliphatic rings. The Hall–Kier alpha value is -4.00. The van der Waals surface area contributed by atoms with Crippen molar-refractivity contribution in [3.63, 3.8) is 0 Å². The van der Waals surface area contributed by atoms with E-state index in [-0.39, 0.29) is 46.5 Å². The van der Waals surface area contributed by atoms with E-state index < -0.39 is 22.6 Å². The molecule has 2 aromatic carbocycles. The summed E-state index contributed by atoms with van der Waals surface area (Å²) >= 11 is 1.98. The van der Waals surface area contributed by atoms with E-state index in [0.717, 1.165) is 17.4 Å². The maximum Gasteiger partial charge on any atom is 0.336 e. The third-order valence-corrected chi connectivity index (χ3v) is 7.34. The number of aromatic nitrogens is 3. The lowest BCUT2D eigenvalue weighted by Crippen LogP contribution is -2.41. The number of halogens is 2. The zero-order valence-corrected chi connectivity index (χ0v) is 23.4. The van der Waals surface area contributed by atoms with Gasteiger partial charge in [-0.2, -0.15) is 0 Å². The number of nitrogens with one attached hydrogen (secondary N) is 2. The van der Waals surface area contributed by atoms with Crippen LogP contribution in [0.5, 0.6) is 0 Å². The number of hydrogen-bond acceptors (Lipinski definition) is 5. The molecule has 1 aliphatic carbocycles. The van der Waals surface area contributed by atoms with Crippen molar-refractivity contribution < 1.29 is 9.18 Å². The Bertz CT molecular complexity index is 1850. The van der Waals surface area contributed by atoms with Gasteiger partial charge in [-0.15, -0.1) is 6.58 Å². The van der Waals surface area contributed by atoms with E-state index in [1.807, 2.05) is 22.6 Å². The Labute approximate surface area is 235 Å². The van der Waals surface area contributed by atoms with E-state index >= 15 is 0 Å². The van der Waals surface area contributed by atoms with Crippen molar-refractivity contribution in [2.45, 2.75) is 32.4 Å². The summed E-state index contributed by atoms with van der Waals surface area (Å²) in [5.74, 6) is -0.822. The first-order valence-corrected chi connectivity index (χ1v) is 13.3. The molecule has 0 radical (unpaired) electrons. The molecule has 4 aromatic rings. The summed E-state index contributed by atoms with van der Waals surface area (Å²) in [6, 6.07) is 11.1. The first-order valence-electron chi connectivity index (χ1n) is 12.3. The van der Waals surface area contributed by atoms with Crippen LogP contribution in [-0.4, -0.2) is 25.7 Å². The molecular formula is C28H25FIN5O4. The summed E-state index contributed by atoms with van der Waals surface area (Å²) < 4.78 is 19.0. The van der Waals surface area contributed by atoms with Gasteiger partial charge >= 0.3 is 5.69 Å². The number of carbonyl (C=O) groups is 1. The molecule has 0 atom stereocenters. The first kappa shape index (κ1) is 26.6.